The van der Waals surface area contributed by atoms with Crippen molar-refractivity contribution in [2.24, 2.45) is 13.0 Å². The number of nitrogens with one attached hydrogen (secondary N) is 1. The molecule has 1 aliphatic heterocycles. The lowest BCUT2D eigenvalue weighted by molar-refractivity contribution is -0.0433. The average molecular weight is 367 g/mol. The molecule has 1 saturated carbocycles. The van der Waals surface area contributed by atoms with Crippen LogP contribution in [0, 0.1) is 5.92 Å². The molecule has 0 aromatic carbocycles. The second-order valence-corrected chi connectivity index (χ2v) is 7.52. The van der Waals surface area contributed by atoms with Gasteiger partial charge in [-0.05, 0) is 44.7 Å². The van der Waals surface area contributed by atoms with E-state index < -0.39 is 5.92 Å². The van der Waals surface area contributed by atoms with Crippen molar-refractivity contribution in [2.75, 3.05) is 18.8 Å². The summed E-state index contributed by atoms with van der Waals surface area (Å²) in [5.74, 6) is 0.367. The molecule has 2 fully saturated rings. The van der Waals surface area contributed by atoms with Crippen LogP contribution in [0.25, 0.3) is 0 Å². The Labute approximate surface area is 146 Å². The van der Waals surface area contributed by atoms with Gasteiger partial charge in [0.2, 0.25) is 5.92 Å². The highest BCUT2D eigenvalue weighted by atomic mass is 35.5. The number of alkyl halides is 2. The molecule has 3 rings (SSSR count). The summed E-state index contributed by atoms with van der Waals surface area (Å²) in [4.78, 5) is 0. The quantitative estimate of drug-likeness (QED) is 0.826. The minimum absolute atomic E-state index is 0. The standard InChI is InChI=1S/C15H24F2N4S.ClH/c1-21-13(12-4-8-18-9-5-12)19-20-14(21)22-10-11-2-6-15(16,17)7-3-11;/h11-12,18H,2-10H2,1H3;1H. The Balaban J connectivity index is 0.00000192. The van der Waals surface area contributed by atoms with E-state index in [0.717, 1.165) is 42.7 Å². The molecule has 0 amide bonds. The predicted molar refractivity (Wildman–Crippen MR) is 90.7 cm³/mol. The van der Waals surface area contributed by atoms with Gasteiger partial charge < -0.3 is 9.88 Å². The Bertz CT molecular complexity index is 496. The van der Waals surface area contributed by atoms with Crippen LogP contribution in [-0.2, 0) is 7.05 Å². The van der Waals surface area contributed by atoms with E-state index in [1.165, 1.54) is 0 Å². The monoisotopic (exact) mass is 366 g/mol. The molecular formula is C15H25ClF2N4S. The summed E-state index contributed by atoms with van der Waals surface area (Å²) in [6.45, 7) is 2.08. The summed E-state index contributed by atoms with van der Waals surface area (Å²) in [7, 11) is 2.02. The maximum absolute atomic E-state index is 13.2. The molecule has 1 N–H and O–H groups in total. The van der Waals surface area contributed by atoms with Crippen LogP contribution in [0.2, 0.25) is 0 Å². The highest BCUT2D eigenvalue weighted by molar-refractivity contribution is 7.99. The molecule has 2 aliphatic rings. The molecule has 0 unspecified atom stereocenters. The van der Waals surface area contributed by atoms with E-state index in [9.17, 15) is 8.78 Å². The zero-order chi connectivity index (χ0) is 15.6. The van der Waals surface area contributed by atoms with Gasteiger partial charge in [0.05, 0.1) is 0 Å². The molecular weight excluding hydrogens is 342 g/mol. The van der Waals surface area contributed by atoms with E-state index in [0.29, 0.717) is 24.7 Å². The zero-order valence-corrected chi connectivity index (χ0v) is 15.1. The number of nitrogens with zero attached hydrogens (tertiary/aromatic N) is 3. The number of thioether (sulfide) groups is 1. The third-order valence-electron chi connectivity index (χ3n) is 4.86. The molecule has 1 aromatic rings. The SMILES string of the molecule is Cl.Cn1c(SCC2CCC(F)(F)CC2)nnc1C1CCNCC1. The molecule has 1 saturated heterocycles. The van der Waals surface area contributed by atoms with Crippen LogP contribution in [0.3, 0.4) is 0 Å². The fourth-order valence-corrected chi connectivity index (χ4v) is 4.45. The van der Waals surface area contributed by atoms with Gasteiger partial charge in [-0.3, -0.25) is 0 Å². The number of rotatable bonds is 4. The number of halogens is 3. The molecule has 2 heterocycles. The van der Waals surface area contributed by atoms with Crippen LogP contribution in [0.5, 0.6) is 0 Å². The smallest absolute Gasteiger partial charge is 0.248 e. The minimum Gasteiger partial charge on any atom is -0.317 e. The Hall–Kier alpha value is -0.400. The van der Waals surface area contributed by atoms with Crippen molar-refractivity contribution in [2.45, 2.75) is 55.5 Å². The molecule has 4 nitrogen and oxygen atoms in total. The first-order valence-corrected chi connectivity index (χ1v) is 9.14. The van der Waals surface area contributed by atoms with Crippen LogP contribution >= 0.6 is 24.2 Å². The van der Waals surface area contributed by atoms with Crippen molar-refractivity contribution >= 4 is 24.2 Å². The average Bonchev–Trinajstić information content (AvgIpc) is 2.88. The molecule has 0 radical (unpaired) electrons. The highest BCUT2D eigenvalue weighted by Crippen LogP contribution is 2.38. The number of hydrogen-bond acceptors (Lipinski definition) is 4. The third-order valence-corrected chi connectivity index (χ3v) is 6.11. The second-order valence-electron chi connectivity index (χ2n) is 6.53. The molecule has 1 aromatic heterocycles. The van der Waals surface area contributed by atoms with Crippen molar-refractivity contribution < 1.29 is 8.78 Å². The van der Waals surface area contributed by atoms with Gasteiger partial charge in [-0.15, -0.1) is 22.6 Å². The summed E-state index contributed by atoms with van der Waals surface area (Å²) in [6.07, 6.45) is 3.54. The van der Waals surface area contributed by atoms with E-state index in [4.69, 9.17) is 0 Å². The molecule has 0 spiro atoms. The minimum atomic E-state index is -2.44. The Kier molecular flexibility index (Phi) is 6.68. The van der Waals surface area contributed by atoms with E-state index in [-0.39, 0.29) is 25.2 Å². The van der Waals surface area contributed by atoms with Crippen molar-refractivity contribution in [1.29, 1.82) is 0 Å². The highest BCUT2D eigenvalue weighted by Gasteiger charge is 2.35. The van der Waals surface area contributed by atoms with Gasteiger partial charge in [0.1, 0.15) is 5.82 Å². The van der Waals surface area contributed by atoms with Crippen LogP contribution in [0.15, 0.2) is 5.16 Å². The van der Waals surface area contributed by atoms with Gasteiger partial charge in [-0.25, -0.2) is 8.78 Å². The summed E-state index contributed by atoms with van der Waals surface area (Å²) in [6, 6.07) is 0. The number of piperidine rings is 1. The molecule has 23 heavy (non-hydrogen) atoms. The van der Waals surface area contributed by atoms with E-state index in [2.05, 4.69) is 20.1 Å². The van der Waals surface area contributed by atoms with Gasteiger partial charge in [-0.2, -0.15) is 0 Å². The van der Waals surface area contributed by atoms with Gasteiger partial charge in [0.15, 0.2) is 5.16 Å². The van der Waals surface area contributed by atoms with Crippen molar-refractivity contribution in [3.8, 4) is 0 Å². The summed E-state index contributed by atoms with van der Waals surface area (Å²) >= 11 is 1.67. The molecule has 0 atom stereocenters. The predicted octanol–water partition coefficient (Wildman–Crippen LogP) is 3.62. The van der Waals surface area contributed by atoms with Crippen molar-refractivity contribution in [3.05, 3.63) is 5.82 Å². The van der Waals surface area contributed by atoms with Gasteiger partial charge in [0.25, 0.3) is 0 Å². The Morgan fingerprint density at radius 1 is 1.17 bits per heavy atom. The molecule has 132 valence electrons. The maximum atomic E-state index is 13.2. The van der Waals surface area contributed by atoms with Crippen LogP contribution in [0.4, 0.5) is 8.78 Å². The lowest BCUT2D eigenvalue weighted by Crippen LogP contribution is -2.28. The van der Waals surface area contributed by atoms with E-state index >= 15 is 0 Å². The molecule has 1 aliphatic carbocycles. The third kappa shape index (κ3) is 4.79. The molecule has 8 heteroatoms. The van der Waals surface area contributed by atoms with Gasteiger partial charge >= 0.3 is 0 Å². The van der Waals surface area contributed by atoms with E-state index in [1.807, 2.05) is 7.05 Å². The fourth-order valence-electron chi connectivity index (χ4n) is 3.35. The Morgan fingerprint density at radius 3 is 2.48 bits per heavy atom. The van der Waals surface area contributed by atoms with Gasteiger partial charge in [-0.1, -0.05) is 11.8 Å². The van der Waals surface area contributed by atoms with Crippen molar-refractivity contribution in [3.63, 3.8) is 0 Å². The number of hydrogen-bond donors (Lipinski definition) is 1. The summed E-state index contributed by atoms with van der Waals surface area (Å²) in [5.41, 5.74) is 0. The first kappa shape index (κ1) is 18.9. The van der Waals surface area contributed by atoms with Crippen molar-refractivity contribution in [1.82, 2.24) is 20.1 Å². The normalized spacial score (nSPS) is 22.7. The second kappa shape index (κ2) is 8.12. The number of aromatic nitrogens is 3. The first-order valence-electron chi connectivity index (χ1n) is 8.16. The summed E-state index contributed by atoms with van der Waals surface area (Å²) in [5, 5.41) is 13.0. The molecule has 0 bridgehead atoms. The lowest BCUT2D eigenvalue weighted by atomic mass is 9.88. The first-order chi connectivity index (χ1) is 10.6. The van der Waals surface area contributed by atoms with Gasteiger partial charge in [0, 0.05) is 31.6 Å². The fraction of sp³-hybridized carbons (Fsp3) is 0.867. The topological polar surface area (TPSA) is 42.7 Å². The van der Waals surface area contributed by atoms with Crippen LogP contribution < -0.4 is 5.32 Å². The van der Waals surface area contributed by atoms with Crippen LogP contribution in [-0.4, -0.2) is 39.5 Å². The largest absolute Gasteiger partial charge is 0.317 e. The Morgan fingerprint density at radius 2 is 1.83 bits per heavy atom. The lowest BCUT2D eigenvalue weighted by Gasteiger charge is -2.27. The summed E-state index contributed by atoms with van der Waals surface area (Å²) < 4.78 is 28.4. The zero-order valence-electron chi connectivity index (χ0n) is 13.4. The maximum Gasteiger partial charge on any atom is 0.248 e. The van der Waals surface area contributed by atoms with E-state index in [1.54, 1.807) is 11.8 Å². The van der Waals surface area contributed by atoms with Crippen LogP contribution in [0.1, 0.15) is 50.3 Å².